The van der Waals surface area contributed by atoms with E-state index >= 15 is 0 Å². The van der Waals surface area contributed by atoms with Gasteiger partial charge in [0.15, 0.2) is 0 Å². The molecule has 0 spiro atoms. The molecule has 6 nitrogen and oxygen atoms in total. The first-order valence-corrected chi connectivity index (χ1v) is 5.65. The van der Waals surface area contributed by atoms with Gasteiger partial charge in [-0.2, -0.15) is 4.39 Å². The molecule has 102 valence electrons. The number of benzene rings is 1. The Hall–Kier alpha value is -2.83. The molecule has 0 saturated heterocycles. The zero-order valence-corrected chi connectivity index (χ0v) is 10.5. The van der Waals surface area contributed by atoms with Crippen LogP contribution >= 0.6 is 0 Å². The molecule has 0 fully saturated rings. The summed E-state index contributed by atoms with van der Waals surface area (Å²) in [4.78, 5) is 25.6. The minimum Gasteiger partial charge on any atom is -0.321 e. The number of carbonyl (C=O) groups is 1. The van der Waals surface area contributed by atoms with Crippen molar-refractivity contribution in [2.24, 2.45) is 0 Å². The minimum atomic E-state index is -0.658. The van der Waals surface area contributed by atoms with E-state index in [2.05, 4.69) is 10.3 Å². The van der Waals surface area contributed by atoms with Gasteiger partial charge in [0.1, 0.15) is 0 Å². The van der Waals surface area contributed by atoms with Gasteiger partial charge < -0.3 is 5.32 Å². The molecule has 0 bridgehead atoms. The molecule has 0 saturated carbocycles. The molecule has 0 radical (unpaired) electrons. The van der Waals surface area contributed by atoms with Crippen LogP contribution in [-0.2, 0) is 0 Å². The van der Waals surface area contributed by atoms with Gasteiger partial charge in [-0.25, -0.2) is 4.98 Å². The standard InChI is InChI=1S/C13H10FN3O3/c1-8-4-9(6-11(5-8)17(19)20)13(18)16-10-2-3-12(14)15-7-10/h2-7H,1H3,(H,16,18). The normalized spacial score (nSPS) is 10.1. The number of amides is 1. The summed E-state index contributed by atoms with van der Waals surface area (Å²) in [7, 11) is 0. The lowest BCUT2D eigenvalue weighted by Crippen LogP contribution is -2.12. The second-order valence-electron chi connectivity index (χ2n) is 4.14. The van der Waals surface area contributed by atoms with Crippen molar-refractivity contribution < 1.29 is 14.1 Å². The van der Waals surface area contributed by atoms with Gasteiger partial charge in [-0.15, -0.1) is 0 Å². The van der Waals surface area contributed by atoms with Gasteiger partial charge in [-0.1, -0.05) is 0 Å². The predicted molar refractivity (Wildman–Crippen MR) is 70.0 cm³/mol. The van der Waals surface area contributed by atoms with E-state index in [-0.39, 0.29) is 11.3 Å². The van der Waals surface area contributed by atoms with Crippen LogP contribution in [0.1, 0.15) is 15.9 Å². The van der Waals surface area contributed by atoms with Crippen LogP contribution in [0.3, 0.4) is 0 Å². The molecular weight excluding hydrogens is 265 g/mol. The number of hydrogen-bond acceptors (Lipinski definition) is 4. The average molecular weight is 275 g/mol. The quantitative estimate of drug-likeness (QED) is 0.530. The summed E-state index contributed by atoms with van der Waals surface area (Å²) in [5.41, 5.74) is 0.899. The van der Waals surface area contributed by atoms with Crippen molar-refractivity contribution >= 4 is 17.3 Å². The zero-order valence-electron chi connectivity index (χ0n) is 10.5. The van der Waals surface area contributed by atoms with Crippen molar-refractivity contribution in [1.82, 2.24) is 4.98 Å². The van der Waals surface area contributed by atoms with E-state index in [0.29, 0.717) is 11.3 Å². The number of rotatable bonds is 3. The second kappa shape index (κ2) is 5.43. The summed E-state index contributed by atoms with van der Waals surface area (Å²) >= 11 is 0. The van der Waals surface area contributed by atoms with Gasteiger partial charge in [0.25, 0.3) is 11.6 Å². The number of nitrogens with zero attached hydrogens (tertiary/aromatic N) is 2. The van der Waals surface area contributed by atoms with Gasteiger partial charge in [-0.3, -0.25) is 14.9 Å². The lowest BCUT2D eigenvalue weighted by atomic mass is 10.1. The molecule has 20 heavy (non-hydrogen) atoms. The Balaban J connectivity index is 2.25. The number of aryl methyl sites for hydroxylation is 1. The highest BCUT2D eigenvalue weighted by Gasteiger charge is 2.13. The van der Waals surface area contributed by atoms with E-state index < -0.39 is 16.8 Å². The number of non-ortho nitro benzene ring substituents is 1. The summed E-state index contributed by atoms with van der Waals surface area (Å²) in [5, 5.41) is 13.2. The number of aromatic nitrogens is 1. The van der Waals surface area contributed by atoms with E-state index in [4.69, 9.17) is 0 Å². The number of pyridine rings is 1. The molecule has 1 aromatic carbocycles. The smallest absolute Gasteiger partial charge is 0.270 e. The zero-order chi connectivity index (χ0) is 14.7. The monoisotopic (exact) mass is 275 g/mol. The third kappa shape index (κ3) is 3.14. The van der Waals surface area contributed by atoms with Crippen LogP contribution in [0.25, 0.3) is 0 Å². The van der Waals surface area contributed by atoms with Gasteiger partial charge in [0.05, 0.1) is 16.8 Å². The number of nitro groups is 1. The highest BCUT2D eigenvalue weighted by Crippen LogP contribution is 2.18. The van der Waals surface area contributed by atoms with E-state index in [1.807, 2.05) is 0 Å². The molecule has 0 atom stereocenters. The number of nitro benzene ring substituents is 1. The van der Waals surface area contributed by atoms with Crippen LogP contribution in [0.2, 0.25) is 0 Å². The first-order chi connectivity index (χ1) is 9.45. The Bertz CT molecular complexity index is 671. The second-order valence-corrected chi connectivity index (χ2v) is 4.14. The molecule has 1 aromatic heterocycles. The molecular formula is C13H10FN3O3. The van der Waals surface area contributed by atoms with Crippen LogP contribution in [0.4, 0.5) is 15.8 Å². The van der Waals surface area contributed by atoms with Crippen molar-refractivity contribution in [3.8, 4) is 0 Å². The number of nitrogens with one attached hydrogen (secondary N) is 1. The fraction of sp³-hybridized carbons (Fsp3) is 0.0769. The maximum Gasteiger partial charge on any atom is 0.270 e. The molecule has 0 aliphatic carbocycles. The maximum atomic E-state index is 12.6. The number of hydrogen-bond donors (Lipinski definition) is 1. The largest absolute Gasteiger partial charge is 0.321 e. The summed E-state index contributed by atoms with van der Waals surface area (Å²) in [5.74, 6) is -1.18. The summed E-state index contributed by atoms with van der Waals surface area (Å²) < 4.78 is 12.6. The van der Waals surface area contributed by atoms with Crippen LogP contribution in [0.15, 0.2) is 36.5 Å². The molecule has 0 unspecified atom stereocenters. The maximum absolute atomic E-state index is 12.6. The highest BCUT2D eigenvalue weighted by atomic mass is 19.1. The molecule has 1 N–H and O–H groups in total. The van der Waals surface area contributed by atoms with Crippen LogP contribution in [-0.4, -0.2) is 15.8 Å². The fourth-order valence-electron chi connectivity index (χ4n) is 1.65. The number of halogens is 1. The molecule has 2 aromatic rings. The number of carbonyl (C=O) groups excluding carboxylic acids is 1. The first kappa shape index (κ1) is 13.6. The molecule has 7 heteroatoms. The van der Waals surface area contributed by atoms with Crippen molar-refractivity contribution in [3.63, 3.8) is 0 Å². The third-order valence-corrected chi connectivity index (χ3v) is 2.52. The molecule has 1 heterocycles. The molecule has 2 rings (SSSR count). The summed E-state index contributed by atoms with van der Waals surface area (Å²) in [6.45, 7) is 1.66. The van der Waals surface area contributed by atoms with Crippen LogP contribution in [0.5, 0.6) is 0 Å². The topological polar surface area (TPSA) is 85.1 Å². The highest BCUT2D eigenvalue weighted by molar-refractivity contribution is 6.04. The summed E-state index contributed by atoms with van der Waals surface area (Å²) in [6.07, 6.45) is 1.16. The van der Waals surface area contributed by atoms with E-state index in [0.717, 1.165) is 12.3 Å². The van der Waals surface area contributed by atoms with Crippen LogP contribution in [0, 0.1) is 23.0 Å². The van der Waals surface area contributed by atoms with Crippen LogP contribution < -0.4 is 5.32 Å². The average Bonchev–Trinajstić information content (AvgIpc) is 2.40. The SMILES string of the molecule is Cc1cc(C(=O)Nc2ccc(F)nc2)cc([N+](=O)[O-])c1. The van der Waals surface area contributed by atoms with Crippen molar-refractivity contribution in [1.29, 1.82) is 0 Å². The van der Waals surface area contributed by atoms with Gasteiger partial charge in [0, 0.05) is 17.7 Å². The fourth-order valence-corrected chi connectivity index (χ4v) is 1.65. The number of anilines is 1. The Morgan fingerprint density at radius 3 is 2.70 bits per heavy atom. The lowest BCUT2D eigenvalue weighted by molar-refractivity contribution is -0.384. The van der Waals surface area contributed by atoms with Crippen molar-refractivity contribution in [3.05, 3.63) is 63.7 Å². The Labute approximate surface area is 113 Å². The summed E-state index contributed by atoms with van der Waals surface area (Å²) in [6, 6.07) is 6.54. The van der Waals surface area contributed by atoms with Crippen molar-refractivity contribution in [2.45, 2.75) is 6.92 Å². The molecule has 0 aliphatic heterocycles. The Morgan fingerprint density at radius 1 is 1.35 bits per heavy atom. The third-order valence-electron chi connectivity index (χ3n) is 2.52. The van der Waals surface area contributed by atoms with E-state index in [9.17, 15) is 19.3 Å². The predicted octanol–water partition coefficient (Wildman–Crippen LogP) is 2.69. The van der Waals surface area contributed by atoms with E-state index in [1.165, 1.54) is 24.3 Å². The van der Waals surface area contributed by atoms with Gasteiger partial charge in [-0.05, 0) is 30.7 Å². The van der Waals surface area contributed by atoms with Gasteiger partial charge >= 0.3 is 0 Å². The van der Waals surface area contributed by atoms with E-state index in [1.54, 1.807) is 6.92 Å². The molecule has 0 aliphatic rings. The lowest BCUT2D eigenvalue weighted by Gasteiger charge is -2.05. The Kier molecular flexibility index (Phi) is 3.69. The first-order valence-electron chi connectivity index (χ1n) is 5.65. The van der Waals surface area contributed by atoms with Crippen molar-refractivity contribution in [2.75, 3.05) is 5.32 Å². The van der Waals surface area contributed by atoms with Gasteiger partial charge in [0.2, 0.25) is 5.95 Å². The molecule has 1 amide bonds. The minimum absolute atomic E-state index is 0.154. The Morgan fingerprint density at radius 2 is 2.10 bits per heavy atom.